The summed E-state index contributed by atoms with van der Waals surface area (Å²) in [4.78, 5) is 6.03. The van der Waals surface area contributed by atoms with Crippen LogP contribution in [-0.2, 0) is 0 Å². The normalized spacial score (nSPS) is 19.1. The maximum absolute atomic E-state index is 7.16. The fourth-order valence-electron chi connectivity index (χ4n) is 12.8. The van der Waals surface area contributed by atoms with Crippen LogP contribution in [0.4, 0.5) is 0 Å². The van der Waals surface area contributed by atoms with E-state index in [4.69, 9.17) is 8.83 Å². The molecule has 0 aliphatic carbocycles. The highest BCUT2D eigenvalue weighted by atomic mass is 32.3. The van der Waals surface area contributed by atoms with Crippen LogP contribution in [0.15, 0.2) is 223 Å². The second kappa shape index (κ2) is 15.5. The summed E-state index contributed by atoms with van der Waals surface area (Å²) in [7, 11) is -3.07. The smallest absolute Gasteiger partial charge is 0.144 e. The highest BCUT2D eigenvalue weighted by molar-refractivity contribution is 8.51. The summed E-state index contributed by atoms with van der Waals surface area (Å²) >= 11 is 0. The van der Waals surface area contributed by atoms with Crippen molar-refractivity contribution in [2.75, 3.05) is 17.6 Å². The monoisotopic (exact) mass is 952 g/mol. The number of hydrogen-bond donors (Lipinski definition) is 0. The van der Waals surface area contributed by atoms with Crippen molar-refractivity contribution in [3.63, 3.8) is 0 Å². The molecule has 4 heteroatoms. The van der Waals surface area contributed by atoms with Gasteiger partial charge in [0.15, 0.2) is 0 Å². The third-order valence-corrected chi connectivity index (χ3v) is 24.7. The summed E-state index contributed by atoms with van der Waals surface area (Å²) in [6.45, 7) is 10.5. The molecule has 0 bridgehead atoms. The van der Waals surface area contributed by atoms with E-state index in [0.717, 1.165) is 43.8 Å². The van der Waals surface area contributed by atoms with Gasteiger partial charge in [-0.1, -0.05) is 191 Å². The molecule has 3 aliphatic rings. The standard InChI is InChI=1S/C64H44O2S2.C3H8/c1-5-37(6-2)39-28-30-45(43-22-12-10-20-41(39)43)51-34-55-59(61-57(51)47-24-14-16-26-53(47)65-61)49-32-33-50-60-56(68(4)36-67(55,3)63(49)64(50)68)35-52(58-48-25-15-17-27-54(48)66-62(58)60)46-31-29-40(38-18-8-7-9-19-38)42-21-11-13-23-44(42)46;1-3-2/h5-35H,1,36H2,2-4H3;3H2,1-2H3/b37-6+;. The molecular weight excluding hydrogens is 901 g/mol. The van der Waals surface area contributed by atoms with E-state index in [0.29, 0.717) is 0 Å². The molecule has 0 fully saturated rings. The average molecular weight is 953 g/mol. The van der Waals surface area contributed by atoms with Crippen LogP contribution in [0.5, 0.6) is 0 Å². The first-order chi connectivity index (χ1) is 34.8. The molecule has 344 valence electrons. The first-order valence-electron chi connectivity index (χ1n) is 24.9. The highest BCUT2D eigenvalue weighted by Crippen LogP contribution is 2.90. The van der Waals surface area contributed by atoms with Gasteiger partial charge in [0.05, 0.1) is 0 Å². The quantitative estimate of drug-likeness (QED) is 0.161. The van der Waals surface area contributed by atoms with E-state index in [1.165, 1.54) is 110 Å². The molecule has 0 radical (unpaired) electrons. The zero-order valence-electron chi connectivity index (χ0n) is 40.7. The van der Waals surface area contributed by atoms with Gasteiger partial charge in [-0.2, -0.15) is 20.1 Å². The molecule has 0 amide bonds. The predicted octanol–water partition coefficient (Wildman–Crippen LogP) is 20.4. The molecule has 0 spiro atoms. The first kappa shape index (κ1) is 42.4. The molecule has 0 saturated carbocycles. The molecule has 0 saturated heterocycles. The van der Waals surface area contributed by atoms with Crippen molar-refractivity contribution in [1.29, 1.82) is 0 Å². The third kappa shape index (κ3) is 5.63. The summed E-state index contributed by atoms with van der Waals surface area (Å²) in [5, 5.41) is 10.8. The second-order valence-electron chi connectivity index (χ2n) is 19.7. The Kier molecular flexibility index (Phi) is 9.25. The van der Waals surface area contributed by atoms with Gasteiger partial charge in [0.2, 0.25) is 0 Å². The number of benzene rings is 10. The van der Waals surface area contributed by atoms with Crippen LogP contribution in [0.3, 0.4) is 0 Å². The second-order valence-corrected chi connectivity index (χ2v) is 26.7. The van der Waals surface area contributed by atoms with Gasteiger partial charge in [-0.05, 0) is 110 Å². The lowest BCUT2D eigenvalue weighted by molar-refractivity contribution is 0.668. The fraction of sp³-hybridized carbons (Fsp3) is 0.104. The molecule has 15 rings (SSSR count). The molecule has 71 heavy (non-hydrogen) atoms. The minimum absolute atomic E-state index is 0.927. The van der Waals surface area contributed by atoms with Crippen molar-refractivity contribution >= 4 is 91.1 Å². The Morgan fingerprint density at radius 2 is 0.887 bits per heavy atom. The lowest BCUT2D eigenvalue weighted by Gasteiger charge is -2.36. The number of hydrogen-bond acceptors (Lipinski definition) is 2. The Morgan fingerprint density at radius 3 is 1.39 bits per heavy atom. The van der Waals surface area contributed by atoms with E-state index in [1.54, 1.807) is 9.79 Å². The minimum Gasteiger partial charge on any atom is -0.455 e. The van der Waals surface area contributed by atoms with Gasteiger partial charge in [-0.25, -0.2) is 0 Å². The van der Waals surface area contributed by atoms with Gasteiger partial charge >= 0.3 is 0 Å². The lowest BCUT2D eigenvalue weighted by Crippen LogP contribution is -2.03. The van der Waals surface area contributed by atoms with Crippen LogP contribution in [0.2, 0.25) is 0 Å². The Morgan fingerprint density at radius 1 is 0.479 bits per heavy atom. The zero-order chi connectivity index (χ0) is 47.9. The van der Waals surface area contributed by atoms with Crippen LogP contribution >= 0.6 is 20.1 Å². The van der Waals surface area contributed by atoms with Crippen molar-refractivity contribution in [2.45, 2.75) is 46.8 Å². The highest BCUT2D eigenvalue weighted by Gasteiger charge is 2.55. The minimum atomic E-state index is -1.53. The van der Waals surface area contributed by atoms with Crippen molar-refractivity contribution in [3.8, 4) is 55.6 Å². The van der Waals surface area contributed by atoms with Crippen molar-refractivity contribution in [3.05, 3.63) is 200 Å². The molecule has 3 aliphatic heterocycles. The topological polar surface area (TPSA) is 26.3 Å². The van der Waals surface area contributed by atoms with Gasteiger partial charge in [0.25, 0.3) is 0 Å². The molecular formula is C67H52O2S2. The summed E-state index contributed by atoms with van der Waals surface area (Å²) in [5.41, 5.74) is 18.9. The molecule has 0 N–H and O–H groups in total. The number of fused-ring (bicyclic) bond motifs is 16. The Labute approximate surface area is 417 Å². The summed E-state index contributed by atoms with van der Waals surface area (Å²) in [6, 6.07) is 65.4. The fourth-order valence-corrected chi connectivity index (χ4v) is 24.4. The number of rotatable bonds is 5. The van der Waals surface area contributed by atoms with Gasteiger partial charge in [-0.15, -0.1) is 0 Å². The Bertz CT molecular complexity index is 4320. The maximum Gasteiger partial charge on any atom is 0.144 e. The largest absolute Gasteiger partial charge is 0.455 e. The van der Waals surface area contributed by atoms with Gasteiger partial charge < -0.3 is 8.83 Å². The molecule has 12 aromatic rings. The SMILES string of the molecule is C=C/C(=C\C)c1ccc(-c2cc3c(c4oc5ccccc5c24)-c2ccc4c5c2S3(C)CS5(C)c2cc(-c3ccc(-c5ccccc5)c5ccccc35)c3c(oc5ccccc53)c2-4)c2ccccc12.CCC. The van der Waals surface area contributed by atoms with Crippen LogP contribution < -0.4 is 0 Å². The molecule has 2 atom stereocenters. The number of furan rings is 2. The van der Waals surface area contributed by atoms with Crippen LogP contribution in [0.1, 0.15) is 32.8 Å². The molecule has 2 unspecified atom stereocenters. The van der Waals surface area contributed by atoms with Gasteiger partial charge in [0, 0.05) is 68.5 Å². The molecule has 2 aromatic heterocycles. The molecule has 5 heterocycles. The molecule has 2 nitrogen and oxygen atoms in total. The summed E-state index contributed by atoms with van der Waals surface area (Å²) in [6.07, 6.45) is 10.6. The average Bonchev–Trinajstić information content (AvgIpc) is 4.17. The number of para-hydroxylation sites is 2. The van der Waals surface area contributed by atoms with Gasteiger partial charge in [0.1, 0.15) is 22.3 Å². The van der Waals surface area contributed by atoms with E-state index in [-0.39, 0.29) is 0 Å². The van der Waals surface area contributed by atoms with E-state index < -0.39 is 20.1 Å². The van der Waals surface area contributed by atoms with Crippen molar-refractivity contribution in [2.24, 2.45) is 0 Å². The first-order valence-corrected chi connectivity index (χ1v) is 29.3. The zero-order valence-corrected chi connectivity index (χ0v) is 42.3. The summed E-state index contributed by atoms with van der Waals surface area (Å²) < 4.78 is 14.3. The predicted molar refractivity (Wildman–Crippen MR) is 308 cm³/mol. The maximum atomic E-state index is 7.16. The van der Waals surface area contributed by atoms with Crippen LogP contribution in [-0.4, -0.2) is 17.6 Å². The van der Waals surface area contributed by atoms with E-state index in [9.17, 15) is 0 Å². The van der Waals surface area contributed by atoms with E-state index >= 15 is 0 Å². The third-order valence-electron chi connectivity index (χ3n) is 15.6. The Balaban J connectivity index is 0.00000153. The summed E-state index contributed by atoms with van der Waals surface area (Å²) in [5.74, 6) is 0. The van der Waals surface area contributed by atoms with Crippen LogP contribution in [0, 0.1) is 0 Å². The Hall–Kier alpha value is -7.50. The van der Waals surface area contributed by atoms with E-state index in [1.807, 2.05) is 6.08 Å². The van der Waals surface area contributed by atoms with Gasteiger partial charge in [-0.3, -0.25) is 0 Å². The van der Waals surface area contributed by atoms with E-state index in [2.05, 4.69) is 222 Å². The number of allylic oxidation sites excluding steroid dienone is 3. The van der Waals surface area contributed by atoms with Crippen molar-refractivity contribution in [1.82, 2.24) is 0 Å². The van der Waals surface area contributed by atoms with Crippen LogP contribution in [0.25, 0.3) is 127 Å². The van der Waals surface area contributed by atoms with Crippen molar-refractivity contribution < 1.29 is 8.83 Å². The molecule has 10 aromatic carbocycles. The lowest BCUT2D eigenvalue weighted by atomic mass is 9.88.